The maximum absolute atomic E-state index is 13.8. The number of aryl methyl sites for hydroxylation is 11. The number of ether oxygens (including phenoxy) is 6. The summed E-state index contributed by atoms with van der Waals surface area (Å²) in [5, 5.41) is 0. The molecule has 0 N–H and O–H groups in total. The zero-order valence-electron chi connectivity index (χ0n) is 91.8. The number of pyridine rings is 1. The van der Waals surface area contributed by atoms with Crippen molar-refractivity contribution >= 4 is 105 Å². The summed E-state index contributed by atoms with van der Waals surface area (Å²) >= 11 is 6.66. The highest BCUT2D eigenvalue weighted by molar-refractivity contribution is 7.99. The van der Waals surface area contributed by atoms with Crippen LogP contribution in [0.3, 0.4) is 0 Å². The topological polar surface area (TPSA) is 249 Å². The first kappa shape index (κ1) is 117. The summed E-state index contributed by atoms with van der Waals surface area (Å²) in [5.74, 6) is 4.77. The van der Waals surface area contributed by atoms with Crippen molar-refractivity contribution in [1.82, 2.24) is 19.7 Å². The average Bonchev–Trinajstić information content (AvgIpc) is 1.64. The number of thioether (sulfide) groups is 4. The summed E-state index contributed by atoms with van der Waals surface area (Å²) < 4.78 is 36.0. The molecular weight excluding hydrogens is 1920 g/mol. The minimum Gasteiger partial charge on any atom is -0.480 e. The van der Waals surface area contributed by atoms with Crippen LogP contribution >= 0.6 is 47.0 Å². The number of carbonyl (C=O) groups is 10. The standard InChI is InChI=1S/C34H45NO5S.C33H38N2O5S.C28H37NO3S.C28H36O3S/c1-21-8-12-28(13-9-21)39-33(38)35-19-27(30(20-35)31(37)26-10-14-29(41-7)15-11-26)18-25-16-22(2)32(23(3)17-25)40-34(5,6)24(4)36;1-20-14-24(15-21(2)31(20)40-33(5,6)23(4)36)16-26-18-35(32(38)39-27-11-8-22(3)34-17-27)19-29(26)30(37)25-9-12-28(41-7)13-10-25;1-18-14-21(15-19(2)27(18)32-28(4,5)20(3)30)8-9-23-16-29(6)17-25(23)26(31)22-10-12-24(33-7)13-11-22;1-18-16-21(17-19(2)27(18)31-28(4,5)20(3)29)10-11-22-8-7-9-25(22)26(30)23-12-14-24(32-6)15-13-23/h10-11,14-17,21,27-28,30H,8-9,12-13,18-20H2,1-7H3;8-15,17,26,29H,16,18-19H2,1-7H3;10-15,23,25H,8-9,16-17H2,1-7H3;12-17,22,25H,7-11H2,1-6H3. The highest BCUT2D eigenvalue weighted by atomic mass is 32.2. The van der Waals surface area contributed by atoms with Crippen LogP contribution in [-0.2, 0) is 49.6 Å². The number of rotatable bonds is 36. The van der Waals surface area contributed by atoms with Crippen molar-refractivity contribution in [2.24, 2.45) is 53.3 Å². The van der Waals surface area contributed by atoms with Gasteiger partial charge < -0.3 is 43.1 Å². The number of nitrogens with zero attached hydrogens (tertiary/aromatic N) is 4. The van der Waals surface area contributed by atoms with E-state index < -0.39 is 28.5 Å². The van der Waals surface area contributed by atoms with Gasteiger partial charge in [-0.25, -0.2) is 9.59 Å². The van der Waals surface area contributed by atoms with Crippen molar-refractivity contribution in [2.75, 3.05) is 71.3 Å². The molecule has 14 rings (SSSR count). The second-order valence-electron chi connectivity index (χ2n) is 43.5. The summed E-state index contributed by atoms with van der Waals surface area (Å²) in [5.41, 5.74) is 12.9. The second-order valence-corrected chi connectivity index (χ2v) is 47.0. The van der Waals surface area contributed by atoms with Gasteiger partial charge in [-0.3, -0.25) is 43.3 Å². The molecule has 8 aromatic carbocycles. The zero-order chi connectivity index (χ0) is 108. The van der Waals surface area contributed by atoms with Crippen LogP contribution in [-0.4, -0.2) is 178 Å². The summed E-state index contributed by atoms with van der Waals surface area (Å²) in [7, 11) is 2.11. The monoisotopic (exact) mass is 2070 g/mol. The summed E-state index contributed by atoms with van der Waals surface area (Å²) in [6.07, 6.45) is 21.2. The van der Waals surface area contributed by atoms with Crippen LogP contribution in [0.15, 0.2) is 184 Å². The first-order chi connectivity index (χ1) is 69.4. The molecule has 147 heavy (non-hydrogen) atoms. The molecule has 20 nitrogen and oxygen atoms in total. The third kappa shape index (κ3) is 31.3. The van der Waals surface area contributed by atoms with Crippen molar-refractivity contribution in [1.29, 1.82) is 0 Å². The van der Waals surface area contributed by atoms with E-state index >= 15 is 0 Å². The number of hydrogen-bond acceptors (Lipinski definition) is 22. The van der Waals surface area contributed by atoms with Gasteiger partial charge in [-0.1, -0.05) is 110 Å². The molecule has 2 aliphatic carbocycles. The third-order valence-corrected chi connectivity index (χ3v) is 33.3. The number of likely N-dealkylation sites (tertiary alicyclic amines) is 3. The van der Waals surface area contributed by atoms with Crippen LogP contribution < -0.4 is 23.7 Å². The Balaban J connectivity index is 0.000000187. The van der Waals surface area contributed by atoms with Gasteiger partial charge in [0.25, 0.3) is 0 Å². The van der Waals surface area contributed by atoms with Crippen molar-refractivity contribution in [2.45, 2.75) is 284 Å². The van der Waals surface area contributed by atoms with Crippen LogP contribution in [0.5, 0.6) is 28.7 Å². The molecule has 2 saturated carbocycles. The van der Waals surface area contributed by atoms with Gasteiger partial charge in [0.2, 0.25) is 0 Å². The third-order valence-electron chi connectivity index (χ3n) is 30.4. The quantitative estimate of drug-likeness (QED) is 0.0261. The number of Topliss-reactive ketones (excluding diaryl/α,β-unsaturated/α-hetero) is 8. The number of amides is 2. The van der Waals surface area contributed by atoms with Gasteiger partial charge >= 0.3 is 12.2 Å². The zero-order valence-corrected chi connectivity index (χ0v) is 95.0. The maximum atomic E-state index is 13.8. The Labute approximate surface area is 891 Å². The molecule has 3 aliphatic heterocycles. The van der Waals surface area contributed by atoms with Crippen LogP contribution in [0.2, 0.25) is 0 Å². The number of hydrogen-bond donors (Lipinski definition) is 0. The maximum Gasteiger partial charge on any atom is 0.415 e. The number of aromatic nitrogens is 1. The Morgan fingerprint density at radius 1 is 0.347 bits per heavy atom. The molecule has 8 atom stereocenters. The molecule has 9 aromatic rings. The van der Waals surface area contributed by atoms with Crippen molar-refractivity contribution in [3.05, 3.63) is 259 Å². The lowest BCUT2D eigenvalue weighted by molar-refractivity contribution is -0.130. The lowest BCUT2D eigenvalue weighted by Gasteiger charge is -2.28. The molecule has 1 aromatic heterocycles. The second kappa shape index (κ2) is 51.7. The van der Waals surface area contributed by atoms with Crippen LogP contribution in [0.25, 0.3) is 0 Å². The first-order valence-corrected chi connectivity index (χ1v) is 56.8. The Morgan fingerprint density at radius 2 is 0.653 bits per heavy atom. The Bertz CT molecular complexity index is 6070. The Kier molecular flexibility index (Phi) is 41.0. The normalized spacial score (nSPS) is 19.4. The largest absolute Gasteiger partial charge is 0.480 e. The van der Waals surface area contributed by atoms with Gasteiger partial charge in [0.15, 0.2) is 74.4 Å². The van der Waals surface area contributed by atoms with Gasteiger partial charge in [-0.15, -0.1) is 47.0 Å². The minimum absolute atomic E-state index is 0.00882. The molecule has 4 heterocycles. The lowest BCUT2D eigenvalue weighted by Crippen LogP contribution is -2.36. The Morgan fingerprint density at radius 3 is 0.966 bits per heavy atom. The molecular formula is C123H156N4O16S4. The van der Waals surface area contributed by atoms with Gasteiger partial charge in [-0.05, 0) is 412 Å². The van der Waals surface area contributed by atoms with Crippen molar-refractivity contribution < 1.29 is 76.4 Å². The predicted molar refractivity (Wildman–Crippen MR) is 595 cm³/mol. The van der Waals surface area contributed by atoms with E-state index in [0.29, 0.717) is 84.4 Å². The number of carbonyl (C=O) groups excluding carboxylic acids is 10. The van der Waals surface area contributed by atoms with Crippen LogP contribution in [0.1, 0.15) is 262 Å². The fourth-order valence-corrected chi connectivity index (χ4v) is 22.2. The highest BCUT2D eigenvalue weighted by Gasteiger charge is 2.45. The molecule has 788 valence electrons. The first-order valence-electron chi connectivity index (χ1n) is 51.9. The molecule has 8 unspecified atom stereocenters. The molecule has 5 fully saturated rings. The molecule has 0 radical (unpaired) electrons. The summed E-state index contributed by atoms with van der Waals surface area (Å²) in [6.45, 7) is 44.0. The van der Waals surface area contributed by atoms with Crippen LogP contribution in [0.4, 0.5) is 9.59 Å². The fourth-order valence-electron chi connectivity index (χ4n) is 20.5. The minimum atomic E-state index is -0.931. The molecule has 24 heteroatoms. The molecule has 3 saturated heterocycles. The van der Waals surface area contributed by atoms with Gasteiger partial charge in [-0.2, -0.15) is 0 Å². The number of ketones is 8. The number of benzene rings is 8. The van der Waals surface area contributed by atoms with E-state index in [2.05, 4.69) is 66.5 Å². The van der Waals surface area contributed by atoms with Gasteiger partial charge in [0.05, 0.1) is 6.20 Å². The average molecular weight is 2070 g/mol. The molecule has 2 amide bonds. The van der Waals surface area contributed by atoms with E-state index in [1.807, 2.05) is 218 Å². The fraction of sp³-hybridized carbons (Fsp3) is 0.488. The predicted octanol–water partition coefficient (Wildman–Crippen LogP) is 26.9. The smallest absolute Gasteiger partial charge is 0.415 e. The van der Waals surface area contributed by atoms with E-state index in [-0.39, 0.29) is 94.7 Å². The Hall–Kier alpha value is -10.6. The molecule has 0 spiro atoms. The van der Waals surface area contributed by atoms with E-state index in [1.54, 1.807) is 111 Å². The van der Waals surface area contributed by atoms with Crippen molar-refractivity contribution in [3.63, 3.8) is 0 Å². The van der Waals surface area contributed by atoms with E-state index in [4.69, 9.17) is 28.4 Å². The van der Waals surface area contributed by atoms with Gasteiger partial charge in [0.1, 0.15) is 29.1 Å². The van der Waals surface area contributed by atoms with Gasteiger partial charge in [0, 0.05) is 110 Å². The lowest BCUT2D eigenvalue weighted by atomic mass is 9.84. The summed E-state index contributed by atoms with van der Waals surface area (Å²) in [4.78, 5) is 143. The van der Waals surface area contributed by atoms with E-state index in [9.17, 15) is 47.9 Å². The van der Waals surface area contributed by atoms with E-state index in [0.717, 1.165) is 177 Å². The highest BCUT2D eigenvalue weighted by Crippen LogP contribution is 2.43. The molecule has 5 aliphatic rings. The summed E-state index contributed by atoms with van der Waals surface area (Å²) in [6, 6.07) is 51.9. The van der Waals surface area contributed by atoms with Crippen molar-refractivity contribution in [3.8, 4) is 28.7 Å². The molecule has 0 bridgehead atoms. The van der Waals surface area contributed by atoms with E-state index in [1.165, 1.54) is 41.0 Å². The SMILES string of the molecule is CSc1ccc(C(=O)C2CCCC2CCc2cc(C)c(OC(C)(C)C(C)=O)c(C)c2)cc1.CSc1ccc(C(=O)C2CN(C(=O)OC3CCC(C)CC3)CC2Cc2cc(C)c(OC(C)(C)C(C)=O)c(C)c2)cc1.CSc1ccc(C(=O)C2CN(C(=O)Oc3ccc(C)nc3)CC2Cc2cc(C)c(OC(C)(C)C(C)=O)c(C)c2)cc1.CSc1ccc(C(=O)C2CN(C)CC2CCc2cc(C)c(OC(C)(C)C(C)=O)c(C)c2)cc1. The van der Waals surface area contributed by atoms with Crippen LogP contribution in [0, 0.1) is 116 Å².